The third-order valence-corrected chi connectivity index (χ3v) is 3.16. The predicted octanol–water partition coefficient (Wildman–Crippen LogP) is 2.96. The number of aliphatic imine (C=N–C) groups is 1. The van der Waals surface area contributed by atoms with Gasteiger partial charge in [-0.15, -0.1) is 11.3 Å². The van der Waals surface area contributed by atoms with Crippen molar-refractivity contribution in [3.8, 4) is 0 Å². The first-order chi connectivity index (χ1) is 6.59. The van der Waals surface area contributed by atoms with Gasteiger partial charge in [0.2, 0.25) is 0 Å². The molecule has 0 atom stereocenters. The maximum absolute atomic E-state index is 5.81. The number of hydrogen-bond acceptors (Lipinski definition) is 2. The molecule has 0 aliphatic carbocycles. The molecule has 0 bridgehead atoms. The lowest BCUT2D eigenvalue weighted by molar-refractivity contribution is 0.850. The van der Waals surface area contributed by atoms with Crippen molar-refractivity contribution in [2.24, 2.45) is 16.6 Å². The van der Waals surface area contributed by atoms with E-state index < -0.39 is 0 Å². The maximum Gasteiger partial charge on any atom is 0.0962 e. The molecule has 0 amide bonds. The van der Waals surface area contributed by atoms with E-state index >= 15 is 0 Å². The molecule has 1 rings (SSSR count). The van der Waals surface area contributed by atoms with Crippen LogP contribution in [0.2, 0.25) is 4.34 Å². The first-order valence-corrected chi connectivity index (χ1v) is 5.83. The molecule has 0 aliphatic heterocycles. The summed E-state index contributed by atoms with van der Waals surface area (Å²) >= 11 is 7.41. The Morgan fingerprint density at radius 1 is 1.57 bits per heavy atom. The summed E-state index contributed by atoms with van der Waals surface area (Å²) < 4.78 is 0.834. The minimum Gasteiger partial charge on any atom is -0.387 e. The molecule has 0 saturated carbocycles. The average Bonchev–Trinajstić information content (AvgIpc) is 2.51. The fraction of sp³-hybridized carbons (Fsp3) is 0.500. The number of nitrogens with zero attached hydrogens (tertiary/aromatic N) is 1. The van der Waals surface area contributed by atoms with Crippen molar-refractivity contribution in [1.29, 1.82) is 0 Å². The third-order valence-electron chi connectivity index (χ3n) is 1.87. The molecular formula is C10H15ClN2S. The van der Waals surface area contributed by atoms with E-state index in [9.17, 15) is 0 Å². The molecule has 0 saturated heterocycles. The molecule has 0 fully saturated rings. The van der Waals surface area contributed by atoms with E-state index in [1.54, 1.807) is 11.3 Å². The lowest BCUT2D eigenvalue weighted by Gasteiger charge is -2.02. The van der Waals surface area contributed by atoms with Crippen molar-refractivity contribution in [2.45, 2.75) is 20.3 Å². The molecule has 78 valence electrons. The van der Waals surface area contributed by atoms with Gasteiger partial charge in [0, 0.05) is 23.8 Å². The van der Waals surface area contributed by atoms with Crippen LogP contribution in [0.5, 0.6) is 0 Å². The molecule has 2 N–H and O–H groups in total. The minimum atomic E-state index is 0.335. The SMILES string of the molecule is CC(C)C(N)=NCCc1ccc(Cl)s1. The first kappa shape index (κ1) is 11.5. The van der Waals surface area contributed by atoms with Crippen molar-refractivity contribution >= 4 is 28.8 Å². The van der Waals surface area contributed by atoms with Gasteiger partial charge in [-0.2, -0.15) is 0 Å². The molecule has 1 aromatic heterocycles. The summed E-state index contributed by atoms with van der Waals surface area (Å²) in [7, 11) is 0. The Morgan fingerprint density at radius 2 is 2.29 bits per heavy atom. The van der Waals surface area contributed by atoms with E-state index in [1.807, 2.05) is 26.0 Å². The fourth-order valence-corrected chi connectivity index (χ4v) is 2.04. The van der Waals surface area contributed by atoms with Gasteiger partial charge in [0.15, 0.2) is 0 Å². The van der Waals surface area contributed by atoms with Crippen LogP contribution in [0, 0.1) is 5.92 Å². The number of rotatable bonds is 4. The van der Waals surface area contributed by atoms with Crippen molar-refractivity contribution in [3.05, 3.63) is 21.3 Å². The number of thiophene rings is 1. The van der Waals surface area contributed by atoms with E-state index in [2.05, 4.69) is 4.99 Å². The Labute approximate surface area is 93.8 Å². The fourth-order valence-electron chi connectivity index (χ4n) is 0.964. The molecule has 2 nitrogen and oxygen atoms in total. The standard InChI is InChI=1S/C10H15ClN2S/c1-7(2)10(12)13-6-5-8-3-4-9(11)14-8/h3-4,7H,5-6H2,1-2H3,(H2,12,13). The van der Waals surface area contributed by atoms with Crippen LogP contribution in [0.15, 0.2) is 17.1 Å². The van der Waals surface area contributed by atoms with E-state index in [0.717, 1.165) is 23.1 Å². The molecule has 0 unspecified atom stereocenters. The van der Waals surface area contributed by atoms with Crippen LogP contribution in [0.3, 0.4) is 0 Å². The smallest absolute Gasteiger partial charge is 0.0962 e. The second-order valence-corrected chi connectivity index (χ2v) is 5.22. The molecule has 0 aliphatic rings. The summed E-state index contributed by atoms with van der Waals surface area (Å²) in [6.45, 7) is 4.84. The Hall–Kier alpha value is -0.540. The van der Waals surface area contributed by atoms with Crippen molar-refractivity contribution in [1.82, 2.24) is 0 Å². The highest BCUT2D eigenvalue weighted by atomic mass is 35.5. The summed E-state index contributed by atoms with van der Waals surface area (Å²) in [5.41, 5.74) is 5.71. The average molecular weight is 231 g/mol. The van der Waals surface area contributed by atoms with Crippen LogP contribution in [0.1, 0.15) is 18.7 Å². The molecular weight excluding hydrogens is 216 g/mol. The zero-order valence-electron chi connectivity index (χ0n) is 8.46. The molecule has 0 radical (unpaired) electrons. The maximum atomic E-state index is 5.81. The zero-order valence-corrected chi connectivity index (χ0v) is 10.0. The van der Waals surface area contributed by atoms with Gasteiger partial charge < -0.3 is 5.73 Å². The topological polar surface area (TPSA) is 38.4 Å². The largest absolute Gasteiger partial charge is 0.387 e. The summed E-state index contributed by atoms with van der Waals surface area (Å²) in [5.74, 6) is 1.06. The Kier molecular flexibility index (Phi) is 4.42. The zero-order chi connectivity index (χ0) is 10.6. The van der Waals surface area contributed by atoms with Crippen LogP contribution in [-0.4, -0.2) is 12.4 Å². The molecule has 14 heavy (non-hydrogen) atoms. The summed E-state index contributed by atoms with van der Waals surface area (Å²) in [5, 5.41) is 0. The monoisotopic (exact) mass is 230 g/mol. The van der Waals surface area contributed by atoms with Crippen LogP contribution in [-0.2, 0) is 6.42 Å². The normalized spacial score (nSPS) is 12.4. The predicted molar refractivity (Wildman–Crippen MR) is 64.4 cm³/mol. The van der Waals surface area contributed by atoms with Crippen molar-refractivity contribution in [3.63, 3.8) is 0 Å². The van der Waals surface area contributed by atoms with Crippen LogP contribution in [0.4, 0.5) is 0 Å². The van der Waals surface area contributed by atoms with Crippen LogP contribution < -0.4 is 5.73 Å². The van der Waals surface area contributed by atoms with Crippen molar-refractivity contribution < 1.29 is 0 Å². The van der Waals surface area contributed by atoms with Gasteiger partial charge in [0.25, 0.3) is 0 Å². The highest BCUT2D eigenvalue weighted by Crippen LogP contribution is 2.21. The molecule has 0 aromatic carbocycles. The van der Waals surface area contributed by atoms with Gasteiger partial charge in [0.05, 0.1) is 10.2 Å². The van der Waals surface area contributed by atoms with E-state index in [0.29, 0.717) is 5.92 Å². The minimum absolute atomic E-state index is 0.335. The quantitative estimate of drug-likeness (QED) is 0.627. The Balaban J connectivity index is 2.38. The highest BCUT2D eigenvalue weighted by molar-refractivity contribution is 7.16. The number of hydrogen-bond donors (Lipinski definition) is 1. The number of nitrogens with two attached hydrogens (primary N) is 1. The van der Waals surface area contributed by atoms with Gasteiger partial charge >= 0.3 is 0 Å². The van der Waals surface area contributed by atoms with Crippen LogP contribution >= 0.6 is 22.9 Å². The highest BCUT2D eigenvalue weighted by Gasteiger charge is 1.99. The van der Waals surface area contributed by atoms with E-state index in [1.165, 1.54) is 4.88 Å². The molecule has 0 spiro atoms. The van der Waals surface area contributed by atoms with Gasteiger partial charge in [-0.3, -0.25) is 4.99 Å². The van der Waals surface area contributed by atoms with Gasteiger partial charge in [0.1, 0.15) is 0 Å². The van der Waals surface area contributed by atoms with Crippen LogP contribution in [0.25, 0.3) is 0 Å². The van der Waals surface area contributed by atoms with Gasteiger partial charge in [-0.25, -0.2) is 0 Å². The number of halogens is 1. The van der Waals surface area contributed by atoms with E-state index in [-0.39, 0.29) is 0 Å². The second kappa shape index (κ2) is 5.37. The Bertz CT molecular complexity index is 318. The number of amidine groups is 1. The summed E-state index contributed by atoms with van der Waals surface area (Å²) in [4.78, 5) is 5.55. The van der Waals surface area contributed by atoms with E-state index in [4.69, 9.17) is 17.3 Å². The molecule has 1 heterocycles. The van der Waals surface area contributed by atoms with Gasteiger partial charge in [-0.1, -0.05) is 25.4 Å². The summed E-state index contributed by atoms with van der Waals surface area (Å²) in [6.07, 6.45) is 0.921. The molecule has 1 aromatic rings. The molecule has 4 heteroatoms. The lowest BCUT2D eigenvalue weighted by Crippen LogP contribution is -2.19. The Morgan fingerprint density at radius 3 is 2.79 bits per heavy atom. The van der Waals surface area contributed by atoms with Gasteiger partial charge in [-0.05, 0) is 12.1 Å². The first-order valence-electron chi connectivity index (χ1n) is 4.63. The third kappa shape index (κ3) is 3.68. The lowest BCUT2D eigenvalue weighted by atomic mass is 10.2. The second-order valence-electron chi connectivity index (χ2n) is 3.42. The summed E-state index contributed by atoms with van der Waals surface area (Å²) in [6, 6.07) is 3.95. The van der Waals surface area contributed by atoms with Crippen molar-refractivity contribution in [2.75, 3.05) is 6.54 Å².